The summed E-state index contributed by atoms with van der Waals surface area (Å²) in [5.74, 6) is 0.956. The molecule has 4 heteroatoms. The predicted molar refractivity (Wildman–Crippen MR) is 156 cm³/mol. The molecule has 0 saturated carbocycles. The van der Waals surface area contributed by atoms with Gasteiger partial charge in [-0.05, 0) is 68.1 Å². The Morgan fingerprint density at radius 1 is 0.919 bits per heavy atom. The molecule has 1 heterocycles. The van der Waals surface area contributed by atoms with E-state index in [1.807, 2.05) is 42.5 Å². The normalized spacial score (nSPS) is 14.5. The number of unbranched alkanes of at least 4 members (excludes halogenated alkanes) is 1. The van der Waals surface area contributed by atoms with Crippen molar-refractivity contribution < 1.29 is 14.3 Å². The Morgan fingerprint density at radius 2 is 1.59 bits per heavy atom. The molecule has 37 heavy (non-hydrogen) atoms. The van der Waals surface area contributed by atoms with Gasteiger partial charge in [-0.3, -0.25) is 4.79 Å². The lowest BCUT2D eigenvalue weighted by Crippen LogP contribution is -2.32. The minimum Gasteiger partial charge on any atom is -0.493 e. The van der Waals surface area contributed by atoms with Crippen LogP contribution in [-0.2, 0) is 4.74 Å². The quantitative estimate of drug-likeness (QED) is 0.222. The summed E-state index contributed by atoms with van der Waals surface area (Å²) in [6.07, 6.45) is 4.05. The van der Waals surface area contributed by atoms with Gasteiger partial charge in [0.2, 0.25) is 0 Å². The zero-order valence-electron chi connectivity index (χ0n) is 23.3. The van der Waals surface area contributed by atoms with Crippen molar-refractivity contribution in [2.45, 2.75) is 53.4 Å². The lowest BCUT2D eigenvalue weighted by Gasteiger charge is -2.21. The SMILES string of the molecule is CCCC/C(C)=C(/C(=O)c1cccc2ccccc12)c1cccc(OCCC)c1C.CN1CCOCC1. The maximum atomic E-state index is 13.9. The molecule has 0 bridgehead atoms. The second kappa shape index (κ2) is 14.7. The number of rotatable bonds is 9. The van der Waals surface area contributed by atoms with Crippen molar-refractivity contribution in [3.05, 3.63) is 82.9 Å². The zero-order chi connectivity index (χ0) is 26.6. The highest BCUT2D eigenvalue weighted by Gasteiger charge is 2.22. The molecule has 0 N–H and O–H groups in total. The molecule has 0 unspecified atom stereocenters. The number of hydrogen-bond donors (Lipinski definition) is 0. The fourth-order valence-corrected chi connectivity index (χ4v) is 4.58. The van der Waals surface area contributed by atoms with E-state index >= 15 is 0 Å². The molecule has 0 spiro atoms. The Kier molecular flexibility index (Phi) is 11.4. The van der Waals surface area contributed by atoms with E-state index in [-0.39, 0.29) is 5.78 Å². The van der Waals surface area contributed by atoms with Crippen molar-refractivity contribution in [2.75, 3.05) is 40.0 Å². The number of Topliss-reactive ketones (excluding diaryl/α,β-unsaturated/α-hetero) is 1. The second-order valence-electron chi connectivity index (χ2n) is 9.81. The molecule has 198 valence electrons. The molecule has 1 saturated heterocycles. The van der Waals surface area contributed by atoms with Gasteiger partial charge in [0.15, 0.2) is 5.78 Å². The highest BCUT2D eigenvalue weighted by Crippen LogP contribution is 2.34. The summed E-state index contributed by atoms with van der Waals surface area (Å²) in [7, 11) is 2.11. The average molecular weight is 502 g/mol. The molecule has 3 aromatic carbocycles. The zero-order valence-corrected chi connectivity index (χ0v) is 23.3. The summed E-state index contributed by atoms with van der Waals surface area (Å²) in [5, 5.41) is 2.09. The van der Waals surface area contributed by atoms with Crippen molar-refractivity contribution in [3.8, 4) is 5.75 Å². The Bertz CT molecular complexity index is 1190. The largest absolute Gasteiger partial charge is 0.493 e. The van der Waals surface area contributed by atoms with E-state index < -0.39 is 0 Å². The van der Waals surface area contributed by atoms with Crippen molar-refractivity contribution in [1.82, 2.24) is 4.90 Å². The minimum atomic E-state index is 0.0937. The third-order valence-corrected chi connectivity index (χ3v) is 6.84. The third-order valence-electron chi connectivity index (χ3n) is 6.84. The standard InChI is InChI=1S/C28H32O2.C5H11NO/c1-5-7-12-20(3)27(23-16-11-18-26(21(23)4)30-19-6-2)28(29)25-17-10-14-22-13-8-9-15-24(22)25;1-6-2-4-7-5-3-6/h8-11,13-18H,5-7,12,19H2,1-4H3;2-5H2,1H3/b27-20+;. The molecule has 1 fully saturated rings. The van der Waals surface area contributed by atoms with Crippen LogP contribution < -0.4 is 4.74 Å². The number of nitrogens with zero attached hydrogens (tertiary/aromatic N) is 1. The molecule has 1 aliphatic heterocycles. The van der Waals surface area contributed by atoms with Crippen molar-refractivity contribution in [1.29, 1.82) is 0 Å². The van der Waals surface area contributed by atoms with Gasteiger partial charge in [0.1, 0.15) is 5.75 Å². The third kappa shape index (κ3) is 7.77. The topological polar surface area (TPSA) is 38.8 Å². The molecular formula is C33H43NO3. The van der Waals surface area contributed by atoms with Gasteiger partial charge in [0.05, 0.1) is 19.8 Å². The number of allylic oxidation sites excluding steroid dienone is 2. The minimum absolute atomic E-state index is 0.0937. The molecule has 0 radical (unpaired) electrons. The van der Waals surface area contributed by atoms with Crippen molar-refractivity contribution in [2.24, 2.45) is 0 Å². The molecule has 0 amide bonds. The molecular weight excluding hydrogens is 458 g/mol. The van der Waals surface area contributed by atoms with E-state index in [0.29, 0.717) is 6.61 Å². The van der Waals surface area contributed by atoms with Crippen LogP contribution in [0.5, 0.6) is 5.75 Å². The van der Waals surface area contributed by atoms with E-state index in [4.69, 9.17) is 9.47 Å². The number of ketones is 1. The molecule has 1 aliphatic rings. The van der Waals surface area contributed by atoms with Crippen LogP contribution in [-0.4, -0.2) is 50.6 Å². The smallest absolute Gasteiger partial charge is 0.194 e. The van der Waals surface area contributed by atoms with Crippen LogP contribution in [0.3, 0.4) is 0 Å². The number of benzene rings is 3. The second-order valence-corrected chi connectivity index (χ2v) is 9.81. The van der Waals surface area contributed by atoms with Crippen LogP contribution in [0.15, 0.2) is 66.2 Å². The summed E-state index contributed by atoms with van der Waals surface area (Å²) >= 11 is 0. The number of hydrogen-bond acceptors (Lipinski definition) is 4. The Labute approximate surface area is 223 Å². The van der Waals surface area contributed by atoms with Gasteiger partial charge in [0, 0.05) is 24.2 Å². The average Bonchev–Trinajstić information content (AvgIpc) is 2.92. The van der Waals surface area contributed by atoms with Gasteiger partial charge < -0.3 is 14.4 Å². The summed E-state index contributed by atoms with van der Waals surface area (Å²) in [6, 6.07) is 20.1. The first-order valence-corrected chi connectivity index (χ1v) is 13.7. The van der Waals surface area contributed by atoms with Crippen LogP contribution >= 0.6 is 0 Å². The number of carbonyl (C=O) groups excluding carboxylic acids is 1. The van der Waals surface area contributed by atoms with E-state index in [9.17, 15) is 4.79 Å². The first kappa shape index (κ1) is 28.6. The first-order valence-electron chi connectivity index (χ1n) is 13.7. The number of fused-ring (bicyclic) bond motifs is 1. The summed E-state index contributed by atoms with van der Waals surface area (Å²) in [5.41, 5.74) is 4.74. The first-order chi connectivity index (χ1) is 18.0. The van der Waals surface area contributed by atoms with E-state index in [1.165, 1.54) is 0 Å². The van der Waals surface area contributed by atoms with Crippen LogP contribution in [0.2, 0.25) is 0 Å². The van der Waals surface area contributed by atoms with Gasteiger partial charge >= 0.3 is 0 Å². The number of likely N-dealkylation sites (N-methyl/N-ethyl adjacent to an activating group) is 1. The summed E-state index contributed by atoms with van der Waals surface area (Å²) in [6.45, 7) is 13.1. The van der Waals surface area contributed by atoms with E-state index in [1.54, 1.807) is 0 Å². The lowest BCUT2D eigenvalue weighted by atomic mass is 9.87. The van der Waals surface area contributed by atoms with Crippen LogP contribution in [0.1, 0.15) is 67.9 Å². The van der Waals surface area contributed by atoms with Gasteiger partial charge in [-0.2, -0.15) is 0 Å². The monoisotopic (exact) mass is 501 g/mol. The maximum absolute atomic E-state index is 13.9. The molecule has 0 aliphatic carbocycles. The van der Waals surface area contributed by atoms with Gasteiger partial charge in [0.25, 0.3) is 0 Å². The van der Waals surface area contributed by atoms with E-state index in [2.05, 4.69) is 57.8 Å². The van der Waals surface area contributed by atoms with Gasteiger partial charge in [-0.15, -0.1) is 0 Å². The van der Waals surface area contributed by atoms with E-state index in [0.717, 1.165) is 96.3 Å². The van der Waals surface area contributed by atoms with Crippen molar-refractivity contribution in [3.63, 3.8) is 0 Å². The Balaban J connectivity index is 0.000000468. The predicted octanol–water partition coefficient (Wildman–Crippen LogP) is 7.73. The fraction of sp³-hybridized carbons (Fsp3) is 0.424. The van der Waals surface area contributed by atoms with Crippen LogP contribution in [0.4, 0.5) is 0 Å². The van der Waals surface area contributed by atoms with Gasteiger partial charge in [-0.1, -0.05) is 80.4 Å². The highest BCUT2D eigenvalue weighted by atomic mass is 16.5. The lowest BCUT2D eigenvalue weighted by molar-refractivity contribution is 0.0503. The molecule has 0 atom stereocenters. The fourth-order valence-electron chi connectivity index (χ4n) is 4.58. The number of carbonyl (C=O) groups is 1. The maximum Gasteiger partial charge on any atom is 0.194 e. The number of morpholine rings is 1. The van der Waals surface area contributed by atoms with Crippen molar-refractivity contribution >= 4 is 22.1 Å². The number of ether oxygens (including phenoxy) is 2. The summed E-state index contributed by atoms with van der Waals surface area (Å²) < 4.78 is 11.1. The Hall–Kier alpha value is -2.95. The Morgan fingerprint density at radius 3 is 2.27 bits per heavy atom. The molecule has 4 rings (SSSR count). The summed E-state index contributed by atoms with van der Waals surface area (Å²) in [4.78, 5) is 16.2. The highest BCUT2D eigenvalue weighted by molar-refractivity contribution is 6.33. The molecule has 4 nitrogen and oxygen atoms in total. The molecule has 0 aromatic heterocycles. The van der Waals surface area contributed by atoms with Crippen LogP contribution in [0.25, 0.3) is 16.3 Å². The molecule has 3 aromatic rings. The van der Waals surface area contributed by atoms with Gasteiger partial charge in [-0.25, -0.2) is 0 Å². The van der Waals surface area contributed by atoms with Crippen LogP contribution in [0, 0.1) is 6.92 Å².